The Labute approximate surface area is 106 Å². The maximum absolute atomic E-state index is 5.83. The summed E-state index contributed by atoms with van der Waals surface area (Å²) in [4.78, 5) is 6.02. The van der Waals surface area contributed by atoms with Crippen molar-refractivity contribution < 1.29 is 0 Å². The number of rotatable bonds is 3. The molecule has 2 aromatic rings. The Kier molecular flexibility index (Phi) is 2.73. The van der Waals surface area contributed by atoms with Crippen LogP contribution >= 0.6 is 11.3 Å². The van der Waals surface area contributed by atoms with Crippen LogP contribution in [0.2, 0.25) is 0 Å². The van der Waals surface area contributed by atoms with Gasteiger partial charge in [0.05, 0.1) is 10.7 Å². The molecule has 2 unspecified atom stereocenters. The first-order valence-corrected chi connectivity index (χ1v) is 6.86. The number of nitrogens with zero attached hydrogens (tertiary/aromatic N) is 1. The molecule has 0 radical (unpaired) electrons. The molecule has 1 heterocycles. The lowest BCUT2D eigenvalue weighted by Crippen LogP contribution is -1.95. The molecule has 2 nitrogen and oxygen atoms in total. The minimum atomic E-state index is 0.586. The Bertz CT molecular complexity index is 518. The molecule has 1 aromatic heterocycles. The minimum Gasteiger partial charge on any atom is -0.326 e. The summed E-state index contributed by atoms with van der Waals surface area (Å²) in [6.45, 7) is 2.87. The molecule has 0 aliphatic heterocycles. The van der Waals surface area contributed by atoms with E-state index in [1.807, 2.05) is 18.2 Å². The van der Waals surface area contributed by atoms with Crippen LogP contribution in [-0.4, -0.2) is 4.98 Å². The van der Waals surface area contributed by atoms with Crippen molar-refractivity contribution in [2.45, 2.75) is 25.8 Å². The lowest BCUT2D eigenvalue weighted by atomic mass is 10.1. The van der Waals surface area contributed by atoms with E-state index in [0.717, 1.165) is 11.6 Å². The summed E-state index contributed by atoms with van der Waals surface area (Å²) in [6.07, 6.45) is 1.28. The fraction of sp³-hybridized carbons (Fsp3) is 0.357. The second-order valence-electron chi connectivity index (χ2n) is 4.71. The van der Waals surface area contributed by atoms with Crippen molar-refractivity contribution in [3.8, 4) is 11.3 Å². The third kappa shape index (κ3) is 2.01. The minimum absolute atomic E-state index is 0.586. The van der Waals surface area contributed by atoms with Gasteiger partial charge in [0.25, 0.3) is 0 Å². The molecule has 2 atom stereocenters. The number of hydrogen-bond acceptors (Lipinski definition) is 3. The fourth-order valence-electron chi connectivity index (χ4n) is 2.15. The van der Waals surface area contributed by atoms with E-state index in [4.69, 9.17) is 10.7 Å². The van der Waals surface area contributed by atoms with E-state index >= 15 is 0 Å². The van der Waals surface area contributed by atoms with Crippen molar-refractivity contribution in [1.82, 2.24) is 4.98 Å². The van der Waals surface area contributed by atoms with Crippen LogP contribution in [0, 0.1) is 5.92 Å². The first-order chi connectivity index (χ1) is 8.29. The predicted octanol–water partition coefficient (Wildman–Crippen LogP) is 3.39. The average molecular weight is 244 g/mol. The molecule has 1 aromatic carbocycles. The Morgan fingerprint density at radius 1 is 1.35 bits per heavy atom. The Morgan fingerprint density at radius 3 is 2.65 bits per heavy atom. The maximum atomic E-state index is 5.83. The molecule has 1 saturated carbocycles. The van der Waals surface area contributed by atoms with Gasteiger partial charge in [-0.25, -0.2) is 4.98 Å². The highest BCUT2D eigenvalue weighted by molar-refractivity contribution is 7.12. The topological polar surface area (TPSA) is 38.9 Å². The highest BCUT2D eigenvalue weighted by atomic mass is 32.1. The van der Waals surface area contributed by atoms with Gasteiger partial charge in [-0.1, -0.05) is 37.3 Å². The lowest BCUT2D eigenvalue weighted by Gasteiger charge is -1.98. The van der Waals surface area contributed by atoms with E-state index in [-0.39, 0.29) is 0 Å². The quantitative estimate of drug-likeness (QED) is 0.898. The number of nitrogens with two attached hydrogens (primary N) is 1. The molecule has 88 valence electrons. The number of thiazole rings is 1. The molecular formula is C14H16N2S. The Balaban J connectivity index is 2.01. The van der Waals surface area contributed by atoms with E-state index in [0.29, 0.717) is 12.5 Å². The Hall–Kier alpha value is -1.19. The van der Waals surface area contributed by atoms with Gasteiger partial charge in [-0.05, 0) is 12.3 Å². The van der Waals surface area contributed by atoms with Crippen LogP contribution < -0.4 is 5.73 Å². The van der Waals surface area contributed by atoms with Crippen molar-refractivity contribution in [3.63, 3.8) is 0 Å². The first kappa shape index (κ1) is 10.9. The molecule has 0 spiro atoms. The molecule has 1 fully saturated rings. The van der Waals surface area contributed by atoms with Gasteiger partial charge in [0, 0.05) is 22.9 Å². The molecule has 0 bridgehead atoms. The van der Waals surface area contributed by atoms with E-state index < -0.39 is 0 Å². The number of aromatic nitrogens is 1. The molecule has 1 aliphatic rings. The summed E-state index contributed by atoms with van der Waals surface area (Å²) in [5.41, 5.74) is 8.10. The average Bonchev–Trinajstić information content (AvgIpc) is 2.95. The second-order valence-corrected chi connectivity index (χ2v) is 5.83. The SMILES string of the molecule is CC1CC1c1nc(-c2ccccc2)c(CN)s1. The van der Waals surface area contributed by atoms with Gasteiger partial charge in [-0.2, -0.15) is 0 Å². The van der Waals surface area contributed by atoms with Crippen molar-refractivity contribution in [2.75, 3.05) is 0 Å². The largest absolute Gasteiger partial charge is 0.326 e. The van der Waals surface area contributed by atoms with Crippen LogP contribution in [0.1, 0.15) is 29.1 Å². The summed E-state index contributed by atoms with van der Waals surface area (Å²) in [6, 6.07) is 10.3. The summed E-state index contributed by atoms with van der Waals surface area (Å²) < 4.78 is 0. The monoisotopic (exact) mass is 244 g/mol. The smallest absolute Gasteiger partial charge is 0.0969 e. The highest BCUT2D eigenvalue weighted by Crippen LogP contribution is 2.49. The zero-order valence-electron chi connectivity index (χ0n) is 9.89. The van der Waals surface area contributed by atoms with Gasteiger partial charge in [-0.3, -0.25) is 0 Å². The standard InChI is InChI=1S/C14H16N2S/c1-9-7-11(9)14-16-13(12(8-15)17-14)10-5-3-2-4-6-10/h2-6,9,11H,7-8,15H2,1H3. The van der Waals surface area contributed by atoms with E-state index in [9.17, 15) is 0 Å². The molecule has 3 rings (SSSR count). The molecular weight excluding hydrogens is 228 g/mol. The molecule has 17 heavy (non-hydrogen) atoms. The first-order valence-electron chi connectivity index (χ1n) is 6.04. The van der Waals surface area contributed by atoms with Crippen molar-refractivity contribution in [2.24, 2.45) is 11.7 Å². The molecule has 1 aliphatic carbocycles. The third-order valence-corrected chi connectivity index (χ3v) is 4.58. The van der Waals surface area contributed by atoms with Crippen LogP contribution in [0.3, 0.4) is 0 Å². The van der Waals surface area contributed by atoms with Crippen molar-refractivity contribution >= 4 is 11.3 Å². The summed E-state index contributed by atoms with van der Waals surface area (Å²) in [5, 5.41) is 1.27. The van der Waals surface area contributed by atoms with Gasteiger partial charge in [-0.15, -0.1) is 11.3 Å². The molecule has 3 heteroatoms. The van der Waals surface area contributed by atoms with Gasteiger partial charge < -0.3 is 5.73 Å². The second kappa shape index (κ2) is 4.24. The van der Waals surface area contributed by atoms with Gasteiger partial charge in [0.2, 0.25) is 0 Å². The lowest BCUT2D eigenvalue weighted by molar-refractivity contribution is 0.906. The summed E-state index contributed by atoms with van der Waals surface area (Å²) in [5.74, 6) is 1.48. The van der Waals surface area contributed by atoms with E-state index in [2.05, 4.69) is 19.1 Å². The van der Waals surface area contributed by atoms with Gasteiger partial charge >= 0.3 is 0 Å². The van der Waals surface area contributed by atoms with Crippen molar-refractivity contribution in [3.05, 3.63) is 40.2 Å². The normalized spacial score (nSPS) is 22.7. The fourth-order valence-corrected chi connectivity index (χ4v) is 3.37. The molecule has 2 N–H and O–H groups in total. The zero-order valence-corrected chi connectivity index (χ0v) is 10.7. The van der Waals surface area contributed by atoms with Crippen LogP contribution in [-0.2, 0) is 6.54 Å². The van der Waals surface area contributed by atoms with Gasteiger partial charge in [0.15, 0.2) is 0 Å². The van der Waals surface area contributed by atoms with Crippen LogP contribution in [0.25, 0.3) is 11.3 Å². The van der Waals surface area contributed by atoms with Gasteiger partial charge in [0.1, 0.15) is 0 Å². The molecule has 0 saturated heterocycles. The zero-order chi connectivity index (χ0) is 11.8. The van der Waals surface area contributed by atoms with Crippen LogP contribution in [0.15, 0.2) is 30.3 Å². The number of hydrogen-bond donors (Lipinski definition) is 1. The van der Waals surface area contributed by atoms with E-state index in [1.165, 1.54) is 21.9 Å². The third-order valence-electron chi connectivity index (χ3n) is 3.37. The Morgan fingerprint density at radius 2 is 2.06 bits per heavy atom. The van der Waals surface area contributed by atoms with Crippen LogP contribution in [0.4, 0.5) is 0 Å². The summed E-state index contributed by atoms with van der Waals surface area (Å²) >= 11 is 1.79. The van der Waals surface area contributed by atoms with Crippen molar-refractivity contribution in [1.29, 1.82) is 0 Å². The maximum Gasteiger partial charge on any atom is 0.0969 e. The predicted molar refractivity (Wildman–Crippen MR) is 72.0 cm³/mol. The van der Waals surface area contributed by atoms with E-state index in [1.54, 1.807) is 11.3 Å². The number of benzene rings is 1. The highest BCUT2D eigenvalue weighted by Gasteiger charge is 2.37. The van der Waals surface area contributed by atoms with Crippen LogP contribution in [0.5, 0.6) is 0 Å². The summed E-state index contributed by atoms with van der Waals surface area (Å²) in [7, 11) is 0. The molecule has 0 amide bonds.